The molecule has 110 valence electrons. The Kier molecular flexibility index (Phi) is 4.41. The summed E-state index contributed by atoms with van der Waals surface area (Å²) in [4.78, 5) is 0. The zero-order valence-corrected chi connectivity index (χ0v) is 12.5. The number of hydrogen-bond acceptors (Lipinski definition) is 4. The van der Waals surface area contributed by atoms with Crippen molar-refractivity contribution in [1.82, 2.24) is 10.2 Å². The van der Waals surface area contributed by atoms with Gasteiger partial charge in [-0.3, -0.25) is 0 Å². The molecule has 2 atom stereocenters. The molecule has 2 aliphatic rings. The van der Waals surface area contributed by atoms with Crippen molar-refractivity contribution in [3.63, 3.8) is 0 Å². The molecule has 1 aromatic rings. The number of anilines is 1. The minimum atomic E-state index is -0.275. The molecule has 4 nitrogen and oxygen atoms in total. The topological polar surface area (TPSA) is 58.0 Å². The second kappa shape index (κ2) is 6.27. The monoisotopic (exact) mass is 295 g/mol. The Morgan fingerprint density at radius 1 is 0.950 bits per heavy atom. The largest absolute Gasteiger partial charge is 0.391 e. The summed E-state index contributed by atoms with van der Waals surface area (Å²) in [6, 6.07) is 0.103. The van der Waals surface area contributed by atoms with Gasteiger partial charge in [-0.1, -0.05) is 30.9 Å². The molecule has 0 aliphatic heterocycles. The molecule has 0 radical (unpaired) electrons. The lowest BCUT2D eigenvalue weighted by Crippen LogP contribution is -2.37. The molecule has 0 saturated heterocycles. The Morgan fingerprint density at radius 3 is 2.50 bits per heavy atom. The quantitative estimate of drug-likeness (QED) is 0.823. The molecule has 1 saturated carbocycles. The van der Waals surface area contributed by atoms with Gasteiger partial charge in [0.2, 0.25) is 0 Å². The molecule has 0 unspecified atom stereocenters. The summed E-state index contributed by atoms with van der Waals surface area (Å²) >= 11 is 6.21. The zero-order chi connectivity index (χ0) is 13.9. The van der Waals surface area contributed by atoms with Crippen molar-refractivity contribution in [1.29, 1.82) is 0 Å². The number of nitrogens with zero attached hydrogens (tertiary/aromatic N) is 2. The summed E-state index contributed by atoms with van der Waals surface area (Å²) in [5, 5.41) is 22.4. The lowest BCUT2D eigenvalue weighted by molar-refractivity contribution is 0.116. The van der Waals surface area contributed by atoms with Crippen LogP contribution in [0.5, 0.6) is 0 Å². The van der Waals surface area contributed by atoms with Crippen molar-refractivity contribution in [2.75, 3.05) is 5.32 Å². The molecule has 1 fully saturated rings. The van der Waals surface area contributed by atoms with Crippen LogP contribution >= 0.6 is 11.6 Å². The third-order valence-electron chi connectivity index (χ3n) is 4.54. The van der Waals surface area contributed by atoms with Gasteiger partial charge in [-0.05, 0) is 44.1 Å². The maximum absolute atomic E-state index is 10.1. The summed E-state index contributed by atoms with van der Waals surface area (Å²) in [5.41, 5.74) is 2.38. The van der Waals surface area contributed by atoms with Gasteiger partial charge in [0.25, 0.3) is 0 Å². The predicted octanol–water partition coefficient (Wildman–Crippen LogP) is 3.11. The van der Waals surface area contributed by atoms with E-state index in [0.717, 1.165) is 49.9 Å². The molecule has 1 aromatic heterocycles. The predicted molar refractivity (Wildman–Crippen MR) is 80.2 cm³/mol. The van der Waals surface area contributed by atoms with E-state index in [1.54, 1.807) is 0 Å². The Balaban J connectivity index is 1.85. The summed E-state index contributed by atoms with van der Waals surface area (Å²) in [6.07, 6.45) is 9.46. The lowest BCUT2D eigenvalue weighted by atomic mass is 9.92. The number of hydrogen-bond donors (Lipinski definition) is 2. The van der Waals surface area contributed by atoms with E-state index in [9.17, 15) is 5.11 Å². The van der Waals surface area contributed by atoms with Gasteiger partial charge in [0, 0.05) is 5.56 Å². The number of nitrogens with one attached hydrogen (secondary N) is 1. The second-order valence-corrected chi connectivity index (χ2v) is 6.32. The normalized spacial score (nSPS) is 26.7. The number of rotatable bonds is 2. The van der Waals surface area contributed by atoms with Gasteiger partial charge in [0.05, 0.1) is 12.1 Å². The van der Waals surface area contributed by atoms with E-state index in [1.165, 1.54) is 24.8 Å². The fourth-order valence-electron chi connectivity index (χ4n) is 3.36. The molecule has 0 bridgehead atoms. The summed E-state index contributed by atoms with van der Waals surface area (Å²) in [5.74, 6) is 0.845. The molecular formula is C15H22ClN3O. The van der Waals surface area contributed by atoms with Gasteiger partial charge < -0.3 is 10.4 Å². The molecule has 3 rings (SSSR count). The first kappa shape index (κ1) is 14.1. The molecule has 0 spiro atoms. The van der Waals surface area contributed by atoms with Crippen LogP contribution < -0.4 is 5.32 Å². The third kappa shape index (κ3) is 2.91. The average Bonchev–Trinajstić information content (AvgIpc) is 2.71. The maximum atomic E-state index is 10.1. The van der Waals surface area contributed by atoms with Crippen molar-refractivity contribution < 1.29 is 5.11 Å². The first-order valence-electron chi connectivity index (χ1n) is 7.74. The number of aromatic nitrogens is 2. The van der Waals surface area contributed by atoms with Crippen molar-refractivity contribution in [2.24, 2.45) is 0 Å². The Labute approximate surface area is 124 Å². The van der Waals surface area contributed by atoms with Crippen LogP contribution in [0.4, 0.5) is 5.82 Å². The van der Waals surface area contributed by atoms with Gasteiger partial charge in [-0.15, -0.1) is 10.2 Å². The van der Waals surface area contributed by atoms with Crippen LogP contribution in [0.1, 0.15) is 56.1 Å². The van der Waals surface area contributed by atoms with Crippen LogP contribution in [0, 0.1) is 0 Å². The highest BCUT2D eigenvalue weighted by atomic mass is 35.5. The molecule has 0 aromatic carbocycles. The second-order valence-electron chi connectivity index (χ2n) is 5.96. The first-order chi connectivity index (χ1) is 9.75. The molecule has 5 heteroatoms. The standard InChI is InChI=1S/C15H22ClN3O/c16-14-10-6-2-1-3-7-11(10)15(19-18-14)17-12-8-4-5-9-13(12)20/h12-13,20H,1-9H2,(H,17,19)/t12-,13-/m1/s1. The molecule has 2 N–H and O–H groups in total. The van der Waals surface area contributed by atoms with Gasteiger partial charge in [0.15, 0.2) is 11.0 Å². The molecular weight excluding hydrogens is 274 g/mol. The Hall–Kier alpha value is -0.870. The highest BCUT2D eigenvalue weighted by Gasteiger charge is 2.25. The lowest BCUT2D eigenvalue weighted by Gasteiger charge is -2.29. The minimum absolute atomic E-state index is 0.103. The van der Waals surface area contributed by atoms with E-state index in [4.69, 9.17) is 11.6 Å². The highest BCUT2D eigenvalue weighted by molar-refractivity contribution is 6.30. The van der Waals surface area contributed by atoms with Crippen LogP contribution in [-0.2, 0) is 12.8 Å². The van der Waals surface area contributed by atoms with Crippen LogP contribution in [-0.4, -0.2) is 27.4 Å². The zero-order valence-electron chi connectivity index (χ0n) is 11.7. The molecule has 2 aliphatic carbocycles. The van der Waals surface area contributed by atoms with Crippen molar-refractivity contribution in [3.8, 4) is 0 Å². The summed E-state index contributed by atoms with van der Waals surface area (Å²) < 4.78 is 0. The van der Waals surface area contributed by atoms with Crippen LogP contribution in [0.25, 0.3) is 0 Å². The van der Waals surface area contributed by atoms with Crippen molar-refractivity contribution >= 4 is 17.4 Å². The smallest absolute Gasteiger partial charge is 0.155 e. The van der Waals surface area contributed by atoms with Gasteiger partial charge in [-0.25, -0.2) is 0 Å². The molecule has 0 amide bonds. The summed E-state index contributed by atoms with van der Waals surface area (Å²) in [6.45, 7) is 0. The van der Waals surface area contributed by atoms with E-state index in [0.29, 0.717) is 5.15 Å². The first-order valence-corrected chi connectivity index (χ1v) is 8.12. The third-order valence-corrected chi connectivity index (χ3v) is 4.85. The van der Waals surface area contributed by atoms with Crippen molar-refractivity contribution in [3.05, 3.63) is 16.3 Å². The molecule has 1 heterocycles. The van der Waals surface area contributed by atoms with E-state index < -0.39 is 0 Å². The Bertz CT molecular complexity index is 480. The number of halogens is 1. The van der Waals surface area contributed by atoms with E-state index in [1.807, 2.05) is 0 Å². The van der Waals surface area contributed by atoms with E-state index in [-0.39, 0.29) is 12.1 Å². The fraction of sp³-hybridized carbons (Fsp3) is 0.733. The van der Waals surface area contributed by atoms with Gasteiger partial charge in [-0.2, -0.15) is 0 Å². The maximum Gasteiger partial charge on any atom is 0.155 e. The van der Waals surface area contributed by atoms with Crippen LogP contribution in [0.3, 0.4) is 0 Å². The fourth-order valence-corrected chi connectivity index (χ4v) is 3.60. The SMILES string of the molecule is O[C@@H]1CCCC[C@H]1Nc1nnc(Cl)c2c1CCCCC2. The average molecular weight is 296 g/mol. The van der Waals surface area contributed by atoms with Crippen LogP contribution in [0.2, 0.25) is 5.15 Å². The van der Waals surface area contributed by atoms with Crippen LogP contribution in [0.15, 0.2) is 0 Å². The number of aliphatic hydroxyl groups excluding tert-OH is 1. The minimum Gasteiger partial charge on any atom is -0.391 e. The van der Waals surface area contributed by atoms with Gasteiger partial charge >= 0.3 is 0 Å². The Morgan fingerprint density at radius 2 is 1.70 bits per heavy atom. The number of aliphatic hydroxyl groups is 1. The van der Waals surface area contributed by atoms with Gasteiger partial charge in [0.1, 0.15) is 0 Å². The summed E-state index contributed by atoms with van der Waals surface area (Å²) in [7, 11) is 0. The molecule has 20 heavy (non-hydrogen) atoms. The highest BCUT2D eigenvalue weighted by Crippen LogP contribution is 2.31. The van der Waals surface area contributed by atoms with E-state index >= 15 is 0 Å². The van der Waals surface area contributed by atoms with E-state index in [2.05, 4.69) is 15.5 Å². The van der Waals surface area contributed by atoms with Crippen molar-refractivity contribution in [2.45, 2.75) is 69.9 Å². The number of fused-ring (bicyclic) bond motifs is 1.